The Bertz CT molecular complexity index is 716. The summed E-state index contributed by atoms with van der Waals surface area (Å²) in [6.45, 7) is 2.96. The summed E-state index contributed by atoms with van der Waals surface area (Å²) in [6.07, 6.45) is 3.67. The molecule has 0 amide bonds. The largest absolute Gasteiger partial charge is 0.384 e. The fraction of sp³-hybridized carbons (Fsp3) is 0.294. The summed E-state index contributed by atoms with van der Waals surface area (Å²) < 4.78 is 7.04. The Hall–Kier alpha value is -2.80. The van der Waals surface area contributed by atoms with Gasteiger partial charge in [-0.15, -0.1) is 0 Å². The van der Waals surface area contributed by atoms with Gasteiger partial charge in [0, 0.05) is 38.0 Å². The molecule has 0 aliphatic carbocycles. The second-order valence-electron chi connectivity index (χ2n) is 5.37. The van der Waals surface area contributed by atoms with Crippen LogP contribution in [0.15, 0.2) is 53.8 Å². The predicted molar refractivity (Wildman–Crippen MR) is 95.0 cm³/mol. The molecule has 0 saturated carbocycles. The molecule has 1 aliphatic rings. The van der Waals surface area contributed by atoms with Gasteiger partial charge in [0.2, 0.25) is 0 Å². The lowest BCUT2D eigenvalue weighted by molar-refractivity contribution is 0.0682. The fourth-order valence-electron chi connectivity index (χ4n) is 2.53. The Morgan fingerprint density at radius 1 is 1.25 bits per heavy atom. The van der Waals surface area contributed by atoms with Crippen LogP contribution < -0.4 is 11.2 Å². The van der Waals surface area contributed by atoms with Crippen molar-refractivity contribution in [3.8, 4) is 11.3 Å². The van der Waals surface area contributed by atoms with Gasteiger partial charge in [-0.1, -0.05) is 30.3 Å². The average Bonchev–Trinajstić information content (AvgIpc) is 3.13. The van der Waals surface area contributed by atoms with E-state index in [1.807, 2.05) is 48.7 Å². The highest BCUT2D eigenvalue weighted by Gasteiger charge is 2.14. The Kier molecular flexibility index (Phi) is 5.12. The maximum absolute atomic E-state index is 6.22. The Balaban J connectivity index is 1.81. The number of hydrogen-bond acceptors (Lipinski definition) is 5. The lowest BCUT2D eigenvalue weighted by atomic mass is 10.2. The van der Waals surface area contributed by atoms with Crippen LogP contribution in [0.25, 0.3) is 17.1 Å². The van der Waals surface area contributed by atoms with Crippen LogP contribution in [0, 0.1) is 0 Å². The number of nitrogens with two attached hydrogens (primary N) is 1. The van der Waals surface area contributed by atoms with Gasteiger partial charge in [0.15, 0.2) is 5.84 Å². The lowest BCUT2D eigenvalue weighted by Gasteiger charge is -2.28. The number of ether oxygens (including phenoxy) is 1. The molecule has 1 fully saturated rings. The van der Waals surface area contributed by atoms with Crippen molar-refractivity contribution in [3.63, 3.8) is 0 Å². The van der Waals surface area contributed by atoms with Gasteiger partial charge in [-0.3, -0.25) is 0 Å². The highest BCUT2D eigenvalue weighted by molar-refractivity contribution is 5.96. The van der Waals surface area contributed by atoms with Crippen LogP contribution >= 0.6 is 0 Å². The van der Waals surface area contributed by atoms with Crippen LogP contribution in [0.4, 0.5) is 0 Å². The van der Waals surface area contributed by atoms with E-state index in [0.29, 0.717) is 19.0 Å². The Labute approximate surface area is 141 Å². The van der Waals surface area contributed by atoms with Crippen molar-refractivity contribution in [2.45, 2.75) is 0 Å². The average molecular weight is 326 g/mol. The van der Waals surface area contributed by atoms with E-state index in [9.17, 15) is 0 Å². The van der Waals surface area contributed by atoms with E-state index in [4.69, 9.17) is 10.5 Å². The molecule has 1 aromatic carbocycles. The molecule has 3 rings (SSSR count). The molecule has 0 radical (unpaired) electrons. The third-order valence-corrected chi connectivity index (χ3v) is 3.76. The molecule has 1 saturated heterocycles. The first-order valence-electron chi connectivity index (χ1n) is 7.93. The minimum atomic E-state index is 0.512. The van der Waals surface area contributed by atoms with Crippen LogP contribution in [0.3, 0.4) is 0 Å². The molecule has 0 atom stereocenters. The third-order valence-electron chi connectivity index (χ3n) is 3.76. The number of rotatable bonds is 4. The molecule has 0 unspecified atom stereocenters. The zero-order valence-corrected chi connectivity index (χ0v) is 13.7. The van der Waals surface area contributed by atoms with Crippen LogP contribution in [-0.2, 0) is 4.74 Å². The minimum absolute atomic E-state index is 0.512. The molecule has 126 valence electrons. The van der Waals surface area contributed by atoms with Gasteiger partial charge in [0.05, 0.1) is 18.9 Å². The molecule has 0 bridgehead atoms. The number of benzene rings is 1. The summed E-state index contributed by atoms with van der Waals surface area (Å²) in [5, 5.41) is 8.86. The highest BCUT2D eigenvalue weighted by Crippen LogP contribution is 2.16. The Morgan fingerprint density at radius 3 is 2.71 bits per heavy atom. The normalized spacial score (nSPS) is 16.3. The number of amidine groups is 1. The van der Waals surface area contributed by atoms with Crippen LogP contribution in [0.1, 0.15) is 0 Å². The lowest BCUT2D eigenvalue weighted by Crippen LogP contribution is -2.41. The highest BCUT2D eigenvalue weighted by atomic mass is 16.5. The van der Waals surface area contributed by atoms with Crippen molar-refractivity contribution in [3.05, 3.63) is 48.7 Å². The molecule has 24 heavy (non-hydrogen) atoms. The maximum Gasteiger partial charge on any atom is 0.152 e. The van der Waals surface area contributed by atoms with Gasteiger partial charge < -0.3 is 20.8 Å². The number of hydrogen-bond donors (Lipinski definition) is 2. The van der Waals surface area contributed by atoms with Crippen molar-refractivity contribution < 1.29 is 4.74 Å². The summed E-state index contributed by atoms with van der Waals surface area (Å²) >= 11 is 0. The molecule has 7 nitrogen and oxygen atoms in total. The van der Waals surface area contributed by atoms with E-state index in [0.717, 1.165) is 30.2 Å². The van der Waals surface area contributed by atoms with E-state index in [1.165, 1.54) is 0 Å². The summed E-state index contributed by atoms with van der Waals surface area (Å²) in [6, 6.07) is 12.0. The summed E-state index contributed by atoms with van der Waals surface area (Å²) in [5.41, 5.74) is 11.0. The van der Waals surface area contributed by atoms with E-state index < -0.39 is 0 Å². The maximum atomic E-state index is 6.22. The number of hydrazone groups is 1. The summed E-state index contributed by atoms with van der Waals surface area (Å²) in [5.74, 6) is 1.28. The smallest absolute Gasteiger partial charge is 0.152 e. The zero-order chi connectivity index (χ0) is 16.8. The van der Waals surface area contributed by atoms with E-state index in [-0.39, 0.29) is 0 Å². The van der Waals surface area contributed by atoms with Gasteiger partial charge >= 0.3 is 0 Å². The van der Waals surface area contributed by atoms with Crippen molar-refractivity contribution in [2.75, 3.05) is 33.4 Å². The second-order valence-corrected chi connectivity index (χ2v) is 5.37. The molecule has 3 N–H and O–H groups in total. The first-order valence-corrected chi connectivity index (χ1v) is 7.93. The van der Waals surface area contributed by atoms with Crippen LogP contribution in [0.5, 0.6) is 0 Å². The fourth-order valence-corrected chi connectivity index (χ4v) is 2.53. The molecule has 2 aromatic rings. The number of aromatic nitrogens is 2. The molecule has 1 aromatic heterocycles. The van der Waals surface area contributed by atoms with E-state index in [1.54, 1.807) is 11.7 Å². The zero-order valence-electron chi connectivity index (χ0n) is 13.7. The number of nitrogens with one attached hydrogen (secondary N) is 1. The van der Waals surface area contributed by atoms with Crippen LogP contribution in [0.2, 0.25) is 0 Å². The van der Waals surface area contributed by atoms with Gasteiger partial charge in [0.25, 0.3) is 0 Å². The van der Waals surface area contributed by atoms with Crippen molar-refractivity contribution >= 4 is 11.7 Å². The molecule has 1 aliphatic heterocycles. The van der Waals surface area contributed by atoms with Crippen LogP contribution in [-0.4, -0.2) is 53.9 Å². The number of nitrogens with zero attached hydrogens (tertiary/aromatic N) is 4. The molecule has 2 heterocycles. The van der Waals surface area contributed by atoms with Gasteiger partial charge in [0.1, 0.15) is 5.82 Å². The van der Waals surface area contributed by atoms with Crippen molar-refractivity contribution in [2.24, 2.45) is 10.8 Å². The van der Waals surface area contributed by atoms with E-state index in [2.05, 4.69) is 20.5 Å². The quantitative estimate of drug-likeness (QED) is 0.501. The third kappa shape index (κ3) is 3.75. The van der Waals surface area contributed by atoms with Gasteiger partial charge in [-0.25, -0.2) is 4.68 Å². The monoisotopic (exact) mass is 326 g/mol. The SMILES string of the molecule is CN/N=C(/C=C(\N)n1ccc(-c2ccccc2)n1)N1CCOCC1. The topological polar surface area (TPSA) is 80.7 Å². The summed E-state index contributed by atoms with van der Waals surface area (Å²) in [4.78, 5) is 2.13. The summed E-state index contributed by atoms with van der Waals surface area (Å²) in [7, 11) is 1.77. The van der Waals surface area contributed by atoms with Gasteiger partial charge in [-0.2, -0.15) is 10.2 Å². The minimum Gasteiger partial charge on any atom is -0.384 e. The first-order chi connectivity index (χ1) is 11.8. The van der Waals surface area contributed by atoms with E-state index >= 15 is 0 Å². The van der Waals surface area contributed by atoms with Crippen molar-refractivity contribution in [1.29, 1.82) is 0 Å². The standard InChI is InChI=1S/C17H22N6O/c1-19-20-17(22-9-11-24-12-10-22)13-16(18)23-8-7-15(21-23)14-5-3-2-4-6-14/h2-8,13,19H,9-12,18H2,1H3/b16-13+,20-17-. The molecule has 7 heteroatoms. The second kappa shape index (κ2) is 7.65. The number of morpholine rings is 1. The van der Waals surface area contributed by atoms with Gasteiger partial charge in [-0.05, 0) is 6.07 Å². The first kappa shape index (κ1) is 16.1. The predicted octanol–water partition coefficient (Wildman–Crippen LogP) is 1.17. The molecular weight excluding hydrogens is 304 g/mol. The van der Waals surface area contributed by atoms with Crippen molar-refractivity contribution in [1.82, 2.24) is 20.1 Å². The molecule has 0 spiro atoms. The molecular formula is C17H22N6O. The Morgan fingerprint density at radius 2 is 2.00 bits per heavy atom.